The second kappa shape index (κ2) is 6.26. The fourth-order valence-corrected chi connectivity index (χ4v) is 2.25. The minimum Gasteiger partial charge on any atom is -0.310 e. The molecule has 94 valence electrons. The molecule has 0 bridgehead atoms. The zero-order chi connectivity index (χ0) is 12.8. The molecule has 1 aromatic heterocycles. The topological polar surface area (TPSA) is 57.8 Å². The normalized spacial score (nSPS) is 10.3. The lowest BCUT2D eigenvalue weighted by molar-refractivity contribution is -0.113. The molecule has 0 fully saturated rings. The van der Waals surface area contributed by atoms with Crippen molar-refractivity contribution in [3.05, 3.63) is 42.1 Å². The third-order valence-corrected chi connectivity index (χ3v) is 3.49. The highest BCUT2D eigenvalue weighted by molar-refractivity contribution is 8.00. The highest BCUT2D eigenvalue weighted by Crippen LogP contribution is 2.17. The van der Waals surface area contributed by atoms with Gasteiger partial charge >= 0.3 is 0 Å². The average molecular weight is 261 g/mol. The van der Waals surface area contributed by atoms with Crippen molar-refractivity contribution in [2.45, 2.75) is 18.2 Å². The maximum atomic E-state index is 11.8. The number of hydrogen-bond donors (Lipinski definition) is 2. The smallest absolute Gasteiger partial charge is 0.235 e. The number of amides is 1. The molecule has 0 aliphatic rings. The molecule has 0 aliphatic heterocycles. The van der Waals surface area contributed by atoms with Crippen LogP contribution in [0, 0.1) is 0 Å². The van der Waals surface area contributed by atoms with E-state index in [2.05, 4.69) is 15.5 Å². The molecule has 1 heterocycles. The van der Waals surface area contributed by atoms with E-state index >= 15 is 0 Å². The van der Waals surface area contributed by atoms with E-state index in [4.69, 9.17) is 0 Å². The van der Waals surface area contributed by atoms with Crippen molar-refractivity contribution in [2.75, 3.05) is 11.1 Å². The van der Waals surface area contributed by atoms with Crippen LogP contribution in [0.15, 0.2) is 41.4 Å². The van der Waals surface area contributed by atoms with Crippen LogP contribution in [-0.2, 0) is 11.2 Å². The number of H-pyrrole nitrogens is 1. The minimum atomic E-state index is -0.0252. The number of aryl methyl sites for hydroxylation is 1. The summed E-state index contributed by atoms with van der Waals surface area (Å²) in [4.78, 5) is 12.9. The number of nitrogens with zero attached hydrogens (tertiary/aromatic N) is 1. The van der Waals surface area contributed by atoms with Gasteiger partial charge in [-0.3, -0.25) is 9.89 Å². The van der Waals surface area contributed by atoms with E-state index in [0.717, 1.165) is 16.9 Å². The summed E-state index contributed by atoms with van der Waals surface area (Å²) in [6.07, 6.45) is 2.58. The van der Waals surface area contributed by atoms with Crippen LogP contribution in [-0.4, -0.2) is 21.9 Å². The number of carbonyl (C=O) groups excluding carboxylic acids is 1. The van der Waals surface area contributed by atoms with E-state index in [0.29, 0.717) is 11.6 Å². The number of aromatic amines is 1. The van der Waals surface area contributed by atoms with Crippen molar-refractivity contribution in [1.82, 2.24) is 10.2 Å². The third kappa shape index (κ3) is 3.37. The van der Waals surface area contributed by atoms with Crippen molar-refractivity contribution in [3.63, 3.8) is 0 Å². The standard InChI is InChI=1S/C13H15N3OS/c1-2-10-8-14-16-13(10)15-12(17)9-18-11-6-4-3-5-7-11/h3-8H,2,9H2,1H3,(H2,14,15,16,17). The van der Waals surface area contributed by atoms with Crippen LogP contribution >= 0.6 is 11.8 Å². The second-order valence-corrected chi connectivity index (χ2v) is 4.82. The Morgan fingerprint density at radius 1 is 1.39 bits per heavy atom. The lowest BCUT2D eigenvalue weighted by Gasteiger charge is -2.04. The zero-order valence-corrected chi connectivity index (χ0v) is 11.0. The average Bonchev–Trinajstić information content (AvgIpc) is 2.85. The third-order valence-electron chi connectivity index (χ3n) is 2.48. The Labute approximate surface area is 110 Å². The number of benzene rings is 1. The number of rotatable bonds is 5. The van der Waals surface area contributed by atoms with E-state index in [-0.39, 0.29) is 5.91 Å². The van der Waals surface area contributed by atoms with E-state index < -0.39 is 0 Å². The van der Waals surface area contributed by atoms with E-state index in [1.54, 1.807) is 6.20 Å². The Morgan fingerprint density at radius 3 is 2.89 bits per heavy atom. The number of carbonyl (C=O) groups is 1. The maximum Gasteiger partial charge on any atom is 0.235 e. The van der Waals surface area contributed by atoms with Gasteiger partial charge in [-0.05, 0) is 18.6 Å². The molecule has 2 aromatic rings. The molecule has 1 amide bonds. The van der Waals surface area contributed by atoms with E-state index in [1.807, 2.05) is 37.3 Å². The fraction of sp³-hybridized carbons (Fsp3) is 0.231. The molecule has 0 radical (unpaired) electrons. The van der Waals surface area contributed by atoms with Gasteiger partial charge < -0.3 is 5.32 Å². The van der Waals surface area contributed by atoms with E-state index in [9.17, 15) is 4.79 Å². The van der Waals surface area contributed by atoms with Gasteiger partial charge in [0.05, 0.1) is 11.9 Å². The van der Waals surface area contributed by atoms with Gasteiger partial charge in [-0.15, -0.1) is 11.8 Å². The first-order chi connectivity index (χ1) is 8.79. The van der Waals surface area contributed by atoms with Crippen LogP contribution in [0.3, 0.4) is 0 Å². The summed E-state index contributed by atoms with van der Waals surface area (Å²) in [6, 6.07) is 9.87. The molecule has 1 aromatic carbocycles. The molecule has 0 aliphatic carbocycles. The molecule has 2 rings (SSSR count). The lowest BCUT2D eigenvalue weighted by Crippen LogP contribution is -2.15. The van der Waals surface area contributed by atoms with Gasteiger partial charge in [0.25, 0.3) is 0 Å². The highest BCUT2D eigenvalue weighted by atomic mass is 32.2. The molecule has 2 N–H and O–H groups in total. The quantitative estimate of drug-likeness (QED) is 0.814. The first-order valence-corrected chi connectivity index (χ1v) is 6.78. The Bertz CT molecular complexity index is 510. The molecule has 0 saturated carbocycles. The SMILES string of the molecule is CCc1cn[nH]c1NC(=O)CSc1ccccc1. The molecular formula is C13H15N3OS. The summed E-state index contributed by atoms with van der Waals surface area (Å²) in [5.41, 5.74) is 1.02. The van der Waals surface area contributed by atoms with Crippen LogP contribution in [0.5, 0.6) is 0 Å². The van der Waals surface area contributed by atoms with Gasteiger partial charge in [-0.1, -0.05) is 25.1 Å². The Morgan fingerprint density at radius 2 is 2.17 bits per heavy atom. The Hall–Kier alpha value is -1.75. The van der Waals surface area contributed by atoms with Crippen molar-refractivity contribution < 1.29 is 4.79 Å². The van der Waals surface area contributed by atoms with Crippen LogP contribution < -0.4 is 5.32 Å². The molecule has 0 atom stereocenters. The van der Waals surface area contributed by atoms with Crippen LogP contribution in [0.1, 0.15) is 12.5 Å². The fourth-order valence-electron chi connectivity index (χ4n) is 1.53. The minimum absolute atomic E-state index is 0.0252. The van der Waals surface area contributed by atoms with Crippen molar-refractivity contribution >= 4 is 23.5 Å². The number of thioether (sulfide) groups is 1. The number of aromatic nitrogens is 2. The summed E-state index contributed by atoms with van der Waals surface area (Å²) in [5.74, 6) is 1.07. The van der Waals surface area contributed by atoms with Crippen LogP contribution in [0.2, 0.25) is 0 Å². The second-order valence-electron chi connectivity index (χ2n) is 3.77. The van der Waals surface area contributed by atoms with Crippen LogP contribution in [0.25, 0.3) is 0 Å². The van der Waals surface area contributed by atoms with Gasteiger partial charge in [0.1, 0.15) is 5.82 Å². The molecule has 0 saturated heterocycles. The predicted octanol–water partition coefficient (Wildman–Crippen LogP) is 2.70. The van der Waals surface area contributed by atoms with Crippen molar-refractivity contribution in [1.29, 1.82) is 0 Å². The summed E-state index contributed by atoms with van der Waals surface area (Å²) >= 11 is 1.52. The first-order valence-electron chi connectivity index (χ1n) is 5.79. The molecule has 5 heteroatoms. The Kier molecular flexibility index (Phi) is 4.41. The summed E-state index contributed by atoms with van der Waals surface area (Å²) in [7, 11) is 0. The zero-order valence-electron chi connectivity index (χ0n) is 10.1. The maximum absolute atomic E-state index is 11.8. The van der Waals surface area contributed by atoms with Gasteiger partial charge in [0.15, 0.2) is 0 Å². The predicted molar refractivity (Wildman–Crippen MR) is 73.8 cm³/mol. The molecule has 0 spiro atoms. The number of nitrogens with one attached hydrogen (secondary N) is 2. The number of anilines is 1. The molecule has 4 nitrogen and oxygen atoms in total. The Balaban J connectivity index is 1.86. The highest BCUT2D eigenvalue weighted by Gasteiger charge is 2.08. The summed E-state index contributed by atoms with van der Waals surface area (Å²) < 4.78 is 0. The van der Waals surface area contributed by atoms with E-state index in [1.165, 1.54) is 11.8 Å². The molecular weight excluding hydrogens is 246 g/mol. The van der Waals surface area contributed by atoms with Crippen LogP contribution in [0.4, 0.5) is 5.82 Å². The lowest BCUT2D eigenvalue weighted by atomic mass is 10.2. The largest absolute Gasteiger partial charge is 0.310 e. The number of hydrogen-bond acceptors (Lipinski definition) is 3. The first kappa shape index (κ1) is 12.7. The van der Waals surface area contributed by atoms with Crippen molar-refractivity contribution in [2.24, 2.45) is 0 Å². The summed E-state index contributed by atoms with van der Waals surface area (Å²) in [6.45, 7) is 2.03. The van der Waals surface area contributed by atoms with Gasteiger partial charge in [-0.25, -0.2) is 0 Å². The molecule has 0 unspecified atom stereocenters. The summed E-state index contributed by atoms with van der Waals surface area (Å²) in [5, 5.41) is 9.55. The molecule has 18 heavy (non-hydrogen) atoms. The van der Waals surface area contributed by atoms with Crippen molar-refractivity contribution in [3.8, 4) is 0 Å². The van der Waals surface area contributed by atoms with Gasteiger partial charge in [0.2, 0.25) is 5.91 Å². The monoisotopic (exact) mass is 261 g/mol. The van der Waals surface area contributed by atoms with Gasteiger partial charge in [-0.2, -0.15) is 5.10 Å². The van der Waals surface area contributed by atoms with Gasteiger partial charge in [0, 0.05) is 10.5 Å².